The number of ether oxygens (including phenoxy) is 1. The first-order valence-corrected chi connectivity index (χ1v) is 10.8. The minimum atomic E-state index is 0.324. The van der Waals surface area contributed by atoms with Gasteiger partial charge in [-0.3, -0.25) is 0 Å². The summed E-state index contributed by atoms with van der Waals surface area (Å²) in [5.74, 6) is 0.937. The van der Waals surface area contributed by atoms with E-state index in [2.05, 4.69) is 89.4 Å². The Morgan fingerprint density at radius 1 is 0.852 bits per heavy atom. The molecule has 0 atom stereocenters. The molecule has 0 aliphatic rings. The van der Waals surface area contributed by atoms with Crippen molar-refractivity contribution < 1.29 is 4.74 Å². The monoisotopic (exact) mass is 417 g/mol. The zero-order valence-electron chi connectivity index (χ0n) is 15.3. The Morgan fingerprint density at radius 2 is 1.63 bits per heavy atom. The van der Waals surface area contributed by atoms with E-state index < -0.39 is 0 Å². The van der Waals surface area contributed by atoms with Crippen molar-refractivity contribution in [2.45, 2.75) is 0 Å². The van der Waals surface area contributed by atoms with Crippen LogP contribution in [0.4, 0.5) is 0 Å². The predicted molar refractivity (Wildman–Crippen MR) is 115 cm³/mol. The average molecular weight is 416 g/mol. The van der Waals surface area contributed by atoms with Crippen molar-refractivity contribution in [1.82, 2.24) is 4.57 Å². The molecule has 3 aromatic carbocycles. The van der Waals surface area contributed by atoms with Gasteiger partial charge in [-0.2, -0.15) is 0 Å². The summed E-state index contributed by atoms with van der Waals surface area (Å²) in [6, 6.07) is 25.9. The van der Waals surface area contributed by atoms with Gasteiger partial charge in [0.1, 0.15) is 0 Å². The molecular formula is C24H19NOSe. The topological polar surface area (TPSA) is 14.2 Å². The van der Waals surface area contributed by atoms with Crippen molar-refractivity contribution >= 4 is 35.1 Å². The molecule has 2 aromatic heterocycles. The number of methoxy groups -OCH3 is 1. The molecule has 0 radical (unpaired) electrons. The van der Waals surface area contributed by atoms with Gasteiger partial charge < -0.3 is 0 Å². The van der Waals surface area contributed by atoms with Crippen molar-refractivity contribution in [3.63, 3.8) is 0 Å². The molecule has 0 spiro atoms. The summed E-state index contributed by atoms with van der Waals surface area (Å²) in [5.41, 5.74) is 6.49. The van der Waals surface area contributed by atoms with Crippen LogP contribution >= 0.6 is 0 Å². The number of hydrogen-bond donors (Lipinski definition) is 0. The average Bonchev–Trinajstić information content (AvgIpc) is 3.27. The Labute approximate surface area is 164 Å². The van der Waals surface area contributed by atoms with Gasteiger partial charge >= 0.3 is 164 Å². The van der Waals surface area contributed by atoms with Crippen molar-refractivity contribution in [2.24, 2.45) is 7.05 Å². The Bertz CT molecular complexity index is 1260. The Morgan fingerprint density at radius 3 is 2.44 bits per heavy atom. The molecule has 0 unspecified atom stereocenters. The van der Waals surface area contributed by atoms with Crippen LogP contribution in [0, 0.1) is 0 Å². The third kappa shape index (κ3) is 2.55. The van der Waals surface area contributed by atoms with E-state index in [-0.39, 0.29) is 0 Å². The summed E-state index contributed by atoms with van der Waals surface area (Å²) in [6.45, 7) is 0. The molecule has 0 amide bonds. The molecule has 2 nitrogen and oxygen atoms in total. The molecule has 0 saturated carbocycles. The number of fused-ring (bicyclic) bond motifs is 2. The van der Waals surface area contributed by atoms with E-state index in [1.807, 2.05) is 0 Å². The van der Waals surface area contributed by atoms with Crippen LogP contribution in [0.1, 0.15) is 0 Å². The van der Waals surface area contributed by atoms with E-state index in [0.717, 1.165) is 5.75 Å². The van der Waals surface area contributed by atoms with Crippen LogP contribution < -0.4 is 4.74 Å². The van der Waals surface area contributed by atoms with Crippen LogP contribution in [0.25, 0.3) is 42.9 Å². The van der Waals surface area contributed by atoms with Crippen LogP contribution in [0.2, 0.25) is 0 Å². The number of nitrogens with zero attached hydrogens (tertiary/aromatic N) is 1. The second-order valence-electron chi connectivity index (χ2n) is 6.68. The molecule has 27 heavy (non-hydrogen) atoms. The number of aromatic nitrogens is 1. The van der Waals surface area contributed by atoms with Gasteiger partial charge in [0.25, 0.3) is 0 Å². The summed E-state index contributed by atoms with van der Waals surface area (Å²) in [7, 11) is 3.90. The quantitative estimate of drug-likeness (QED) is 0.343. The Hall–Kier alpha value is -2.74. The fourth-order valence-electron chi connectivity index (χ4n) is 3.93. The molecule has 0 aliphatic carbocycles. The first kappa shape index (κ1) is 16.4. The Balaban J connectivity index is 1.88. The van der Waals surface area contributed by atoms with E-state index in [1.165, 1.54) is 42.9 Å². The van der Waals surface area contributed by atoms with Gasteiger partial charge in [-0.25, -0.2) is 0 Å². The van der Waals surface area contributed by atoms with Gasteiger partial charge in [-0.05, 0) is 0 Å². The molecule has 0 aliphatic heterocycles. The molecule has 5 rings (SSSR count). The van der Waals surface area contributed by atoms with Crippen molar-refractivity contribution in [3.05, 3.63) is 77.7 Å². The van der Waals surface area contributed by atoms with Gasteiger partial charge in [0.15, 0.2) is 0 Å². The van der Waals surface area contributed by atoms with Crippen LogP contribution in [-0.4, -0.2) is 26.2 Å². The van der Waals surface area contributed by atoms with Crippen molar-refractivity contribution in [3.8, 4) is 28.1 Å². The summed E-state index contributed by atoms with van der Waals surface area (Å²) in [5, 5.41) is 2.65. The van der Waals surface area contributed by atoms with Crippen molar-refractivity contribution in [1.29, 1.82) is 0 Å². The molecule has 0 N–H and O–H groups in total. The van der Waals surface area contributed by atoms with Gasteiger partial charge in [0, 0.05) is 0 Å². The zero-order valence-corrected chi connectivity index (χ0v) is 17.0. The van der Waals surface area contributed by atoms with E-state index in [4.69, 9.17) is 4.74 Å². The van der Waals surface area contributed by atoms with Crippen LogP contribution in [0.5, 0.6) is 5.75 Å². The number of para-hydroxylation sites is 1. The molecule has 3 heteroatoms. The molecule has 0 bridgehead atoms. The van der Waals surface area contributed by atoms with Gasteiger partial charge in [-0.1, -0.05) is 0 Å². The molecule has 132 valence electrons. The first-order valence-electron chi connectivity index (χ1n) is 8.96. The summed E-state index contributed by atoms with van der Waals surface area (Å²) in [6.07, 6.45) is 0. The van der Waals surface area contributed by atoms with Gasteiger partial charge in [-0.15, -0.1) is 0 Å². The number of rotatable bonds is 3. The van der Waals surface area contributed by atoms with Crippen LogP contribution in [0.15, 0.2) is 77.7 Å². The standard InChI is InChI=1S/C24H19NOSe/c1-25-21-11-7-6-10-19(21)23(24(25)16-8-4-3-5-9-16)20-15-27-22-14-17(26-2)12-13-18(20)22/h3-15H,1-2H3. The predicted octanol–water partition coefficient (Wildman–Crippen LogP) is 5.73. The molecular weight excluding hydrogens is 397 g/mol. The van der Waals surface area contributed by atoms with E-state index in [1.54, 1.807) is 7.11 Å². The maximum atomic E-state index is 5.43. The fourth-order valence-corrected chi connectivity index (χ4v) is 5.98. The van der Waals surface area contributed by atoms with Gasteiger partial charge in [0.05, 0.1) is 0 Å². The molecule has 0 saturated heterocycles. The fraction of sp³-hybridized carbons (Fsp3) is 0.0833. The Kier molecular flexibility index (Phi) is 3.93. The number of benzene rings is 3. The number of aryl methyl sites for hydroxylation is 1. The summed E-state index contributed by atoms with van der Waals surface area (Å²) in [4.78, 5) is 2.42. The summed E-state index contributed by atoms with van der Waals surface area (Å²) >= 11 is 0.324. The molecule has 0 fully saturated rings. The first-order chi connectivity index (χ1) is 13.3. The number of hydrogen-bond acceptors (Lipinski definition) is 1. The third-order valence-corrected chi connectivity index (χ3v) is 7.19. The van der Waals surface area contributed by atoms with Crippen LogP contribution in [-0.2, 0) is 7.05 Å². The normalized spacial score (nSPS) is 11.3. The SMILES string of the molecule is COc1ccc2c(-c3c(-c4ccccc4)n(C)c4ccccc34)c[se]c2c1. The van der Waals surface area contributed by atoms with E-state index >= 15 is 0 Å². The van der Waals surface area contributed by atoms with E-state index in [0.29, 0.717) is 14.5 Å². The van der Waals surface area contributed by atoms with E-state index in [9.17, 15) is 0 Å². The summed E-state index contributed by atoms with van der Waals surface area (Å²) < 4.78 is 9.15. The van der Waals surface area contributed by atoms with Crippen LogP contribution in [0.3, 0.4) is 0 Å². The second kappa shape index (κ2) is 6.45. The molecule has 2 heterocycles. The minimum absolute atomic E-state index is 0.324. The van der Waals surface area contributed by atoms with Gasteiger partial charge in [0.2, 0.25) is 0 Å². The third-order valence-electron chi connectivity index (χ3n) is 5.21. The molecule has 5 aromatic rings. The zero-order chi connectivity index (χ0) is 18.4. The second-order valence-corrected chi connectivity index (χ2v) is 8.59. The van der Waals surface area contributed by atoms with Crippen molar-refractivity contribution in [2.75, 3.05) is 7.11 Å². The maximum absolute atomic E-state index is 5.43.